The Morgan fingerprint density at radius 3 is 2.72 bits per heavy atom. The van der Waals surface area contributed by atoms with Crippen molar-refractivity contribution in [3.8, 4) is 5.75 Å². The van der Waals surface area contributed by atoms with Crippen LogP contribution in [0.5, 0.6) is 5.75 Å². The van der Waals surface area contributed by atoms with E-state index in [0.717, 1.165) is 79.4 Å². The predicted molar refractivity (Wildman–Crippen MR) is 122 cm³/mol. The molecule has 2 aliphatic heterocycles. The summed E-state index contributed by atoms with van der Waals surface area (Å²) in [6.07, 6.45) is 2.05. The Bertz CT molecular complexity index is 1010. The standard InChI is InChI=1S/C26H30N2O4/c1-17-13-23(29)27-21-14-22(32-16-18-5-3-2-4-6-18)20-8-7-19(26(30)25(20)24(17)21)15-28-9-11-31-12-10-28/h2-6,14,17,19H,7-13,15-16H2,1H3,(H,27,29). The van der Waals surface area contributed by atoms with Gasteiger partial charge in [0.1, 0.15) is 12.4 Å². The fourth-order valence-corrected chi connectivity index (χ4v) is 5.23. The van der Waals surface area contributed by atoms with E-state index >= 15 is 0 Å². The van der Waals surface area contributed by atoms with Crippen molar-refractivity contribution < 1.29 is 19.1 Å². The first-order valence-corrected chi connectivity index (χ1v) is 11.6. The minimum absolute atomic E-state index is 0.00733. The molecule has 168 valence electrons. The number of morpholine rings is 1. The summed E-state index contributed by atoms with van der Waals surface area (Å²) in [7, 11) is 0. The second kappa shape index (κ2) is 9.04. The number of rotatable bonds is 5. The second-order valence-corrected chi connectivity index (χ2v) is 9.13. The molecule has 0 radical (unpaired) electrons. The van der Waals surface area contributed by atoms with Crippen LogP contribution in [0, 0.1) is 5.92 Å². The molecule has 2 atom stereocenters. The summed E-state index contributed by atoms with van der Waals surface area (Å²) in [6, 6.07) is 11.9. The van der Waals surface area contributed by atoms with Crippen molar-refractivity contribution in [1.29, 1.82) is 0 Å². The first kappa shape index (κ1) is 21.2. The minimum atomic E-state index is -0.0288. The lowest BCUT2D eigenvalue weighted by Gasteiger charge is -2.35. The number of benzene rings is 2. The molecule has 1 saturated heterocycles. The number of ketones is 1. The summed E-state index contributed by atoms with van der Waals surface area (Å²) in [5.74, 6) is 0.894. The zero-order valence-corrected chi connectivity index (χ0v) is 18.6. The van der Waals surface area contributed by atoms with E-state index in [1.165, 1.54) is 0 Å². The number of hydrogen-bond donors (Lipinski definition) is 1. The lowest BCUT2D eigenvalue weighted by molar-refractivity contribution is -0.116. The molecule has 0 aromatic heterocycles. The largest absolute Gasteiger partial charge is 0.489 e. The van der Waals surface area contributed by atoms with Crippen LogP contribution in [0.1, 0.15) is 52.7 Å². The number of carbonyl (C=O) groups is 2. The normalized spacial score (nSPS) is 23.3. The third kappa shape index (κ3) is 4.17. The Hall–Kier alpha value is -2.70. The smallest absolute Gasteiger partial charge is 0.224 e. The van der Waals surface area contributed by atoms with E-state index in [4.69, 9.17) is 9.47 Å². The summed E-state index contributed by atoms with van der Waals surface area (Å²) in [5.41, 5.74) is 4.59. The van der Waals surface area contributed by atoms with Crippen molar-refractivity contribution in [3.63, 3.8) is 0 Å². The van der Waals surface area contributed by atoms with Crippen molar-refractivity contribution in [3.05, 3.63) is 58.7 Å². The van der Waals surface area contributed by atoms with Crippen molar-refractivity contribution in [2.45, 2.75) is 38.7 Å². The maximum absolute atomic E-state index is 13.8. The quantitative estimate of drug-likeness (QED) is 0.776. The van der Waals surface area contributed by atoms with Crippen LogP contribution in [-0.2, 0) is 22.6 Å². The molecule has 1 N–H and O–H groups in total. The highest BCUT2D eigenvalue weighted by molar-refractivity contribution is 6.06. The molecule has 6 nitrogen and oxygen atoms in total. The number of Topliss-reactive ketones (excluding diaryl/α,β-unsaturated/α-hetero) is 1. The fraction of sp³-hybridized carbons (Fsp3) is 0.462. The van der Waals surface area contributed by atoms with E-state index in [9.17, 15) is 9.59 Å². The summed E-state index contributed by atoms with van der Waals surface area (Å²) in [5, 5.41) is 3.00. The van der Waals surface area contributed by atoms with E-state index in [2.05, 4.69) is 10.2 Å². The monoisotopic (exact) mass is 434 g/mol. The molecular weight excluding hydrogens is 404 g/mol. The first-order chi connectivity index (χ1) is 15.6. The molecule has 5 rings (SSSR count). The molecule has 1 aliphatic carbocycles. The van der Waals surface area contributed by atoms with Crippen molar-refractivity contribution >= 4 is 17.4 Å². The topological polar surface area (TPSA) is 67.9 Å². The van der Waals surface area contributed by atoms with Gasteiger partial charge in [-0.15, -0.1) is 0 Å². The molecule has 2 unspecified atom stereocenters. The van der Waals surface area contributed by atoms with Crippen LogP contribution in [0.25, 0.3) is 0 Å². The van der Waals surface area contributed by atoms with Gasteiger partial charge in [0, 0.05) is 54.9 Å². The van der Waals surface area contributed by atoms with Gasteiger partial charge >= 0.3 is 0 Å². The zero-order chi connectivity index (χ0) is 22.1. The molecule has 0 saturated carbocycles. The third-order valence-electron chi connectivity index (χ3n) is 6.87. The van der Waals surface area contributed by atoms with E-state index in [1.54, 1.807) is 0 Å². The maximum Gasteiger partial charge on any atom is 0.224 e. The second-order valence-electron chi connectivity index (χ2n) is 9.13. The van der Waals surface area contributed by atoms with Crippen LogP contribution in [0.2, 0.25) is 0 Å². The van der Waals surface area contributed by atoms with E-state index < -0.39 is 0 Å². The average molecular weight is 435 g/mol. The number of fused-ring (bicyclic) bond motifs is 3. The Morgan fingerprint density at radius 2 is 1.94 bits per heavy atom. The van der Waals surface area contributed by atoms with Crippen molar-refractivity contribution in [2.75, 3.05) is 38.2 Å². The maximum atomic E-state index is 13.8. The molecule has 1 amide bonds. The van der Waals surface area contributed by atoms with Crippen LogP contribution in [0.3, 0.4) is 0 Å². The van der Waals surface area contributed by atoms with Crippen LogP contribution in [0.15, 0.2) is 36.4 Å². The van der Waals surface area contributed by atoms with Crippen LogP contribution >= 0.6 is 0 Å². The summed E-state index contributed by atoms with van der Waals surface area (Å²) >= 11 is 0. The number of nitrogens with zero attached hydrogens (tertiary/aromatic N) is 1. The van der Waals surface area contributed by atoms with Gasteiger partial charge in [0.05, 0.1) is 13.2 Å². The van der Waals surface area contributed by atoms with Gasteiger partial charge in [0.25, 0.3) is 0 Å². The average Bonchev–Trinajstić information content (AvgIpc) is 2.80. The Balaban J connectivity index is 1.48. The minimum Gasteiger partial charge on any atom is -0.489 e. The Kier molecular flexibility index (Phi) is 5.98. The van der Waals surface area contributed by atoms with E-state index in [0.29, 0.717) is 13.0 Å². The molecular formula is C26H30N2O4. The van der Waals surface area contributed by atoms with Gasteiger partial charge in [0.15, 0.2) is 5.78 Å². The van der Waals surface area contributed by atoms with Crippen LogP contribution in [-0.4, -0.2) is 49.4 Å². The number of ether oxygens (including phenoxy) is 2. The van der Waals surface area contributed by atoms with Gasteiger partial charge in [-0.25, -0.2) is 0 Å². The Morgan fingerprint density at radius 1 is 1.16 bits per heavy atom. The zero-order valence-electron chi connectivity index (χ0n) is 18.6. The number of amides is 1. The van der Waals surface area contributed by atoms with Gasteiger partial charge in [-0.2, -0.15) is 0 Å². The van der Waals surface area contributed by atoms with Gasteiger partial charge in [-0.05, 0) is 29.9 Å². The summed E-state index contributed by atoms with van der Waals surface area (Å²) < 4.78 is 11.7. The van der Waals surface area contributed by atoms with Gasteiger partial charge in [-0.3, -0.25) is 14.5 Å². The molecule has 0 spiro atoms. The van der Waals surface area contributed by atoms with Crippen molar-refractivity contribution in [1.82, 2.24) is 4.90 Å². The van der Waals surface area contributed by atoms with Crippen molar-refractivity contribution in [2.24, 2.45) is 5.92 Å². The number of hydrogen-bond acceptors (Lipinski definition) is 5. The first-order valence-electron chi connectivity index (χ1n) is 11.6. The van der Waals surface area contributed by atoms with Crippen LogP contribution < -0.4 is 10.1 Å². The lowest BCUT2D eigenvalue weighted by atomic mass is 9.75. The predicted octanol–water partition coefficient (Wildman–Crippen LogP) is 3.79. The Labute approximate surface area is 188 Å². The van der Waals surface area contributed by atoms with E-state index in [-0.39, 0.29) is 23.5 Å². The number of anilines is 1. The molecule has 32 heavy (non-hydrogen) atoms. The molecule has 3 aliphatic rings. The molecule has 1 fully saturated rings. The fourth-order valence-electron chi connectivity index (χ4n) is 5.23. The summed E-state index contributed by atoms with van der Waals surface area (Å²) in [4.78, 5) is 28.4. The number of carbonyl (C=O) groups excluding carboxylic acids is 2. The van der Waals surface area contributed by atoms with Gasteiger partial charge in [0.2, 0.25) is 5.91 Å². The highest BCUT2D eigenvalue weighted by Gasteiger charge is 2.37. The van der Waals surface area contributed by atoms with Crippen LogP contribution in [0.4, 0.5) is 5.69 Å². The lowest BCUT2D eigenvalue weighted by Crippen LogP contribution is -2.42. The number of nitrogens with one attached hydrogen (secondary N) is 1. The van der Waals surface area contributed by atoms with Gasteiger partial charge in [-0.1, -0.05) is 37.3 Å². The molecule has 2 aromatic rings. The van der Waals surface area contributed by atoms with Gasteiger partial charge < -0.3 is 14.8 Å². The SMILES string of the molecule is CC1CC(=O)Nc2cc(OCc3ccccc3)c3c(c21)C(=O)C(CN1CCOCC1)CC3. The third-order valence-corrected chi connectivity index (χ3v) is 6.87. The molecule has 2 heterocycles. The highest BCUT2D eigenvalue weighted by atomic mass is 16.5. The van der Waals surface area contributed by atoms with E-state index in [1.807, 2.05) is 43.3 Å². The molecule has 2 aromatic carbocycles. The molecule has 0 bridgehead atoms. The molecule has 6 heteroatoms. The highest BCUT2D eigenvalue weighted by Crippen LogP contribution is 2.44. The summed E-state index contributed by atoms with van der Waals surface area (Å²) in [6.45, 7) is 6.46.